The summed E-state index contributed by atoms with van der Waals surface area (Å²) >= 11 is 0. The molecule has 0 aromatic heterocycles. The summed E-state index contributed by atoms with van der Waals surface area (Å²) in [4.78, 5) is 0. The van der Waals surface area contributed by atoms with Crippen LogP contribution in [0, 0.1) is 5.92 Å². The van der Waals surface area contributed by atoms with Crippen LogP contribution in [0.5, 0.6) is 11.5 Å². The summed E-state index contributed by atoms with van der Waals surface area (Å²) in [5.41, 5.74) is 2.49. The highest BCUT2D eigenvalue weighted by Crippen LogP contribution is 2.35. The molecule has 0 spiro atoms. The first-order valence-corrected chi connectivity index (χ1v) is 8.06. The summed E-state index contributed by atoms with van der Waals surface area (Å²) in [5.74, 6) is 2.58. The van der Waals surface area contributed by atoms with Crippen LogP contribution in [0.4, 0.5) is 0 Å². The van der Waals surface area contributed by atoms with Gasteiger partial charge in [0.1, 0.15) is 6.61 Å². The number of hydrogen-bond donors (Lipinski definition) is 1. The third-order valence-corrected chi connectivity index (χ3v) is 4.32. The Balaban J connectivity index is 1.38. The molecule has 1 aliphatic carbocycles. The first-order chi connectivity index (χ1) is 10.9. The Hall–Kier alpha value is -2.00. The fourth-order valence-corrected chi connectivity index (χ4v) is 2.78. The lowest BCUT2D eigenvalue weighted by atomic mass is 10.1. The van der Waals surface area contributed by atoms with Crippen LogP contribution in [0.1, 0.15) is 30.1 Å². The molecule has 3 nitrogen and oxygen atoms in total. The molecule has 1 fully saturated rings. The van der Waals surface area contributed by atoms with Crippen molar-refractivity contribution in [1.82, 2.24) is 5.32 Å². The molecule has 0 saturated heterocycles. The molecule has 2 aromatic rings. The molecule has 2 aliphatic rings. The molecule has 1 atom stereocenters. The van der Waals surface area contributed by atoms with E-state index >= 15 is 0 Å². The Morgan fingerprint density at radius 1 is 0.955 bits per heavy atom. The number of ether oxygens (including phenoxy) is 2. The van der Waals surface area contributed by atoms with Crippen LogP contribution >= 0.6 is 0 Å². The van der Waals surface area contributed by atoms with Gasteiger partial charge in [0.2, 0.25) is 0 Å². The normalized spacial score (nSPS) is 19.9. The van der Waals surface area contributed by atoms with Crippen LogP contribution in [0.3, 0.4) is 0 Å². The van der Waals surface area contributed by atoms with E-state index in [9.17, 15) is 0 Å². The van der Waals surface area contributed by atoms with Gasteiger partial charge in [-0.05, 0) is 48.6 Å². The van der Waals surface area contributed by atoms with Crippen molar-refractivity contribution in [2.75, 3.05) is 13.2 Å². The largest absolute Gasteiger partial charge is 0.485 e. The van der Waals surface area contributed by atoms with Crippen LogP contribution in [-0.4, -0.2) is 13.2 Å². The molecule has 0 radical (unpaired) electrons. The van der Waals surface area contributed by atoms with Gasteiger partial charge in [-0.25, -0.2) is 0 Å². The fraction of sp³-hybridized carbons (Fsp3) is 0.368. The molecular weight excluding hydrogens is 274 g/mol. The smallest absolute Gasteiger partial charge is 0.162 e. The summed E-state index contributed by atoms with van der Waals surface area (Å²) in [6, 6.07) is 16.5. The molecule has 1 heterocycles. The van der Waals surface area contributed by atoms with Gasteiger partial charge in [-0.15, -0.1) is 0 Å². The van der Waals surface area contributed by atoms with Gasteiger partial charge in [0.05, 0.1) is 0 Å². The third kappa shape index (κ3) is 3.09. The van der Waals surface area contributed by atoms with Gasteiger partial charge in [-0.1, -0.05) is 36.4 Å². The lowest BCUT2D eigenvalue weighted by Gasteiger charge is -2.26. The van der Waals surface area contributed by atoms with E-state index < -0.39 is 0 Å². The minimum Gasteiger partial charge on any atom is -0.485 e. The Morgan fingerprint density at radius 3 is 2.50 bits per heavy atom. The highest BCUT2D eigenvalue weighted by atomic mass is 16.6. The summed E-state index contributed by atoms with van der Waals surface area (Å²) in [6.45, 7) is 2.66. The first kappa shape index (κ1) is 13.6. The van der Waals surface area contributed by atoms with Gasteiger partial charge in [-0.2, -0.15) is 0 Å². The van der Waals surface area contributed by atoms with E-state index in [1.165, 1.54) is 24.0 Å². The van der Waals surface area contributed by atoms with Gasteiger partial charge >= 0.3 is 0 Å². The lowest BCUT2D eigenvalue weighted by Crippen LogP contribution is -2.21. The van der Waals surface area contributed by atoms with Crippen LogP contribution < -0.4 is 14.8 Å². The lowest BCUT2D eigenvalue weighted by molar-refractivity contribution is 0.0913. The van der Waals surface area contributed by atoms with Crippen molar-refractivity contribution in [3.8, 4) is 11.5 Å². The van der Waals surface area contributed by atoms with Gasteiger partial charge < -0.3 is 14.8 Å². The summed E-state index contributed by atoms with van der Waals surface area (Å²) in [5, 5.41) is 3.52. The van der Waals surface area contributed by atoms with Crippen molar-refractivity contribution in [3.63, 3.8) is 0 Å². The van der Waals surface area contributed by atoms with Crippen molar-refractivity contribution >= 4 is 0 Å². The quantitative estimate of drug-likeness (QED) is 0.912. The van der Waals surface area contributed by atoms with Crippen molar-refractivity contribution in [2.45, 2.75) is 25.5 Å². The number of nitrogens with one attached hydrogen (secondary N) is 1. The molecule has 2 aromatic carbocycles. The van der Waals surface area contributed by atoms with E-state index in [4.69, 9.17) is 9.47 Å². The Kier molecular flexibility index (Phi) is 3.73. The van der Waals surface area contributed by atoms with Crippen molar-refractivity contribution < 1.29 is 9.47 Å². The van der Waals surface area contributed by atoms with Gasteiger partial charge in [0.15, 0.2) is 17.6 Å². The minimum absolute atomic E-state index is 0.0247. The molecule has 0 bridgehead atoms. The van der Waals surface area contributed by atoms with E-state index in [1.807, 2.05) is 24.3 Å². The van der Waals surface area contributed by atoms with Gasteiger partial charge in [0.25, 0.3) is 0 Å². The Labute approximate surface area is 131 Å². The average Bonchev–Trinajstić information content (AvgIpc) is 3.39. The first-order valence-electron chi connectivity index (χ1n) is 8.06. The highest BCUT2D eigenvalue weighted by Gasteiger charge is 2.22. The van der Waals surface area contributed by atoms with Crippen molar-refractivity contribution in [3.05, 3.63) is 59.7 Å². The number of fused-ring (bicyclic) bond motifs is 1. The van der Waals surface area contributed by atoms with Crippen LogP contribution in [0.15, 0.2) is 48.5 Å². The number of benzene rings is 2. The topological polar surface area (TPSA) is 30.5 Å². The molecule has 1 N–H and O–H groups in total. The second kappa shape index (κ2) is 6.01. The van der Waals surface area contributed by atoms with E-state index in [1.54, 1.807) is 0 Å². The summed E-state index contributed by atoms with van der Waals surface area (Å²) in [7, 11) is 0. The SMILES string of the molecule is c1ccc2c(c1)OCC(c1ccc(CNCC3CC3)cc1)O2. The second-order valence-corrected chi connectivity index (χ2v) is 6.18. The standard InChI is InChI=1S/C19H21NO2/c1-2-4-18-17(3-1)21-13-19(22-18)16-9-7-15(8-10-16)12-20-11-14-5-6-14/h1-4,7-10,14,19-20H,5-6,11-13H2. The van der Waals surface area contributed by atoms with Gasteiger partial charge in [0, 0.05) is 6.54 Å². The second-order valence-electron chi connectivity index (χ2n) is 6.18. The van der Waals surface area contributed by atoms with Crippen molar-refractivity contribution in [2.24, 2.45) is 5.92 Å². The highest BCUT2D eigenvalue weighted by molar-refractivity contribution is 5.41. The fourth-order valence-electron chi connectivity index (χ4n) is 2.78. The summed E-state index contributed by atoms with van der Waals surface area (Å²) in [6.07, 6.45) is 2.77. The third-order valence-electron chi connectivity index (χ3n) is 4.32. The molecule has 114 valence electrons. The van der Waals surface area contributed by atoms with Gasteiger partial charge in [-0.3, -0.25) is 0 Å². The zero-order valence-corrected chi connectivity index (χ0v) is 12.6. The van der Waals surface area contributed by atoms with E-state index in [2.05, 4.69) is 29.6 Å². The van der Waals surface area contributed by atoms with E-state index in [0.717, 1.165) is 30.5 Å². The Bertz CT molecular complexity index is 634. The summed E-state index contributed by atoms with van der Waals surface area (Å²) < 4.78 is 11.8. The zero-order chi connectivity index (χ0) is 14.8. The Morgan fingerprint density at radius 2 is 1.73 bits per heavy atom. The molecule has 1 unspecified atom stereocenters. The maximum Gasteiger partial charge on any atom is 0.162 e. The van der Waals surface area contributed by atoms with E-state index in [-0.39, 0.29) is 6.10 Å². The minimum atomic E-state index is -0.0247. The molecule has 3 heteroatoms. The maximum atomic E-state index is 6.04. The predicted octanol–water partition coefficient (Wildman–Crippen LogP) is 3.70. The van der Waals surface area contributed by atoms with E-state index in [0.29, 0.717) is 6.61 Å². The zero-order valence-electron chi connectivity index (χ0n) is 12.6. The van der Waals surface area contributed by atoms with Crippen LogP contribution in [0.2, 0.25) is 0 Å². The maximum absolute atomic E-state index is 6.04. The monoisotopic (exact) mass is 295 g/mol. The predicted molar refractivity (Wildman–Crippen MR) is 86.2 cm³/mol. The molecule has 1 aliphatic heterocycles. The number of hydrogen-bond acceptors (Lipinski definition) is 3. The van der Waals surface area contributed by atoms with Crippen LogP contribution in [-0.2, 0) is 6.54 Å². The molecule has 22 heavy (non-hydrogen) atoms. The molecule has 1 saturated carbocycles. The molecule has 4 rings (SSSR count). The van der Waals surface area contributed by atoms with Crippen LogP contribution in [0.25, 0.3) is 0 Å². The molecule has 0 amide bonds. The average molecular weight is 295 g/mol. The van der Waals surface area contributed by atoms with Crippen molar-refractivity contribution in [1.29, 1.82) is 0 Å². The molecular formula is C19H21NO2. The number of rotatable bonds is 5. The number of para-hydroxylation sites is 2.